The van der Waals surface area contributed by atoms with Gasteiger partial charge in [0.05, 0.1) is 11.9 Å². The summed E-state index contributed by atoms with van der Waals surface area (Å²) >= 11 is 0. The van der Waals surface area contributed by atoms with Gasteiger partial charge in [0.15, 0.2) is 6.10 Å². The number of sulfonamides is 1. The Hall–Kier alpha value is -2.62. The molecule has 1 atom stereocenters. The minimum atomic E-state index is -3.76. The number of amides is 3. The van der Waals surface area contributed by atoms with E-state index in [9.17, 15) is 22.8 Å². The number of para-hydroxylation sites is 1. The van der Waals surface area contributed by atoms with Crippen molar-refractivity contribution in [2.75, 3.05) is 17.1 Å². The average Bonchev–Trinajstić information content (AvgIpc) is 2.50. The van der Waals surface area contributed by atoms with Crippen LogP contribution in [0.25, 0.3) is 0 Å². The number of nitrogens with zero attached hydrogens (tertiary/aromatic N) is 1. The number of nitrogens with one attached hydrogen (secondary N) is 2. The van der Waals surface area contributed by atoms with Crippen LogP contribution in [0.3, 0.4) is 0 Å². The first kappa shape index (κ1) is 23.4. The third-order valence-corrected chi connectivity index (χ3v) is 4.59. The predicted molar refractivity (Wildman–Crippen MR) is 105 cm³/mol. The Kier molecular flexibility index (Phi) is 7.57. The van der Waals surface area contributed by atoms with Crippen LogP contribution in [0.5, 0.6) is 0 Å². The van der Waals surface area contributed by atoms with E-state index in [0.29, 0.717) is 11.3 Å². The van der Waals surface area contributed by atoms with Gasteiger partial charge in [-0.3, -0.25) is 19.2 Å². The Balaban J connectivity index is 2.79. The van der Waals surface area contributed by atoms with Crippen LogP contribution in [0.15, 0.2) is 24.3 Å². The highest BCUT2D eigenvalue weighted by Crippen LogP contribution is 2.21. The molecule has 0 saturated carbocycles. The Morgan fingerprint density at radius 1 is 1.18 bits per heavy atom. The molecular weight excluding hydrogens is 386 g/mol. The summed E-state index contributed by atoms with van der Waals surface area (Å²) in [7, 11) is -3.76. The zero-order valence-corrected chi connectivity index (χ0v) is 17.7. The van der Waals surface area contributed by atoms with E-state index < -0.39 is 46.1 Å². The van der Waals surface area contributed by atoms with Crippen LogP contribution >= 0.6 is 0 Å². The van der Waals surface area contributed by atoms with E-state index in [1.54, 1.807) is 52.0 Å². The van der Waals surface area contributed by atoms with Gasteiger partial charge in [-0.05, 0) is 46.2 Å². The molecule has 0 saturated heterocycles. The molecule has 0 aliphatic carbocycles. The number of aryl methyl sites for hydroxylation is 1. The topological polar surface area (TPSA) is 122 Å². The number of hydrogen-bond acceptors (Lipinski definition) is 6. The molecule has 0 radical (unpaired) electrons. The van der Waals surface area contributed by atoms with Crippen LogP contribution in [0, 0.1) is 6.92 Å². The minimum absolute atomic E-state index is 0.337. The number of ether oxygens (including phenoxy) is 1. The van der Waals surface area contributed by atoms with E-state index in [4.69, 9.17) is 4.74 Å². The van der Waals surface area contributed by atoms with Crippen molar-refractivity contribution in [3.8, 4) is 0 Å². The Morgan fingerprint density at radius 3 is 2.25 bits per heavy atom. The van der Waals surface area contributed by atoms with Crippen LogP contribution in [0.1, 0.15) is 33.3 Å². The van der Waals surface area contributed by atoms with Crippen LogP contribution in [0.2, 0.25) is 0 Å². The molecule has 2 N–H and O–H groups in total. The summed E-state index contributed by atoms with van der Waals surface area (Å²) in [6.07, 6.45) is -0.309. The van der Waals surface area contributed by atoms with Crippen molar-refractivity contribution in [1.82, 2.24) is 10.6 Å². The highest BCUT2D eigenvalue weighted by atomic mass is 32.2. The van der Waals surface area contributed by atoms with E-state index in [0.717, 1.165) is 10.6 Å². The van der Waals surface area contributed by atoms with Gasteiger partial charge < -0.3 is 10.1 Å². The van der Waals surface area contributed by atoms with Crippen LogP contribution in [0.4, 0.5) is 10.5 Å². The zero-order valence-electron chi connectivity index (χ0n) is 16.9. The van der Waals surface area contributed by atoms with Crippen molar-refractivity contribution in [2.24, 2.45) is 0 Å². The van der Waals surface area contributed by atoms with Crippen LogP contribution in [-0.2, 0) is 24.3 Å². The summed E-state index contributed by atoms with van der Waals surface area (Å²) in [4.78, 5) is 35.9. The second-order valence-corrected chi connectivity index (χ2v) is 9.29. The molecule has 1 aromatic carbocycles. The monoisotopic (exact) mass is 413 g/mol. The highest BCUT2D eigenvalue weighted by Gasteiger charge is 2.26. The fourth-order valence-corrected chi connectivity index (χ4v) is 3.12. The number of rotatable bonds is 6. The summed E-state index contributed by atoms with van der Waals surface area (Å²) in [5, 5.41) is 4.61. The molecule has 10 heteroatoms. The summed E-state index contributed by atoms with van der Waals surface area (Å²) < 4.78 is 30.1. The van der Waals surface area contributed by atoms with Crippen molar-refractivity contribution < 1.29 is 27.5 Å². The second kappa shape index (κ2) is 9.05. The fourth-order valence-electron chi connectivity index (χ4n) is 2.21. The van der Waals surface area contributed by atoms with Crippen LogP contribution in [-0.4, -0.2) is 50.8 Å². The second-order valence-electron chi connectivity index (χ2n) is 7.38. The molecule has 1 rings (SSSR count). The predicted octanol–water partition coefficient (Wildman–Crippen LogP) is 1.32. The molecule has 0 unspecified atom stereocenters. The summed E-state index contributed by atoms with van der Waals surface area (Å²) in [6, 6.07) is 5.94. The van der Waals surface area contributed by atoms with Gasteiger partial charge in [0.1, 0.15) is 6.54 Å². The van der Waals surface area contributed by atoms with Gasteiger partial charge in [0, 0.05) is 5.54 Å². The lowest BCUT2D eigenvalue weighted by Crippen LogP contribution is -2.51. The maximum atomic E-state index is 12.2. The molecule has 3 amide bonds. The lowest BCUT2D eigenvalue weighted by atomic mass is 10.1. The molecule has 0 aromatic heterocycles. The third-order valence-electron chi connectivity index (χ3n) is 3.46. The van der Waals surface area contributed by atoms with E-state index in [-0.39, 0.29) is 0 Å². The number of hydrogen-bond donors (Lipinski definition) is 2. The molecule has 0 bridgehead atoms. The molecule has 0 fully saturated rings. The van der Waals surface area contributed by atoms with Crippen molar-refractivity contribution in [3.05, 3.63) is 29.8 Å². The molecular formula is C18H27N3O6S. The Labute approximate surface area is 165 Å². The molecule has 0 spiro atoms. The average molecular weight is 413 g/mol. The summed E-state index contributed by atoms with van der Waals surface area (Å²) in [5.74, 6) is -1.75. The van der Waals surface area contributed by atoms with Crippen molar-refractivity contribution in [2.45, 2.75) is 46.3 Å². The molecule has 156 valence electrons. The largest absolute Gasteiger partial charge is 0.451 e. The first-order valence-corrected chi connectivity index (χ1v) is 10.4. The maximum absolute atomic E-state index is 12.2. The number of benzene rings is 1. The van der Waals surface area contributed by atoms with Crippen molar-refractivity contribution >= 4 is 33.6 Å². The van der Waals surface area contributed by atoms with E-state index in [2.05, 4.69) is 10.6 Å². The summed E-state index contributed by atoms with van der Waals surface area (Å²) in [6.45, 7) is 7.62. The first-order valence-electron chi connectivity index (χ1n) is 8.56. The SMILES string of the molecule is Cc1ccccc1N(CC(=O)O[C@@H](C)C(=O)NC(=O)NC(C)(C)C)S(C)(=O)=O. The first-order chi connectivity index (χ1) is 12.7. The number of imide groups is 1. The standard InChI is InChI=1S/C18H27N3O6S/c1-12-9-7-8-10-14(12)21(28(6,25)26)11-15(22)27-13(2)16(23)19-17(24)20-18(3,4)5/h7-10,13H,11H2,1-6H3,(H2,19,20,23,24)/t13-/m0/s1. The Morgan fingerprint density at radius 2 is 1.75 bits per heavy atom. The molecule has 0 aliphatic heterocycles. The van der Waals surface area contributed by atoms with E-state index in [1.165, 1.54) is 6.92 Å². The maximum Gasteiger partial charge on any atom is 0.327 e. The Bertz CT molecular complexity index is 845. The molecule has 1 aromatic rings. The number of esters is 1. The number of anilines is 1. The van der Waals surface area contributed by atoms with Gasteiger partial charge in [0.2, 0.25) is 10.0 Å². The smallest absolute Gasteiger partial charge is 0.327 e. The van der Waals surface area contributed by atoms with Gasteiger partial charge >= 0.3 is 12.0 Å². The highest BCUT2D eigenvalue weighted by molar-refractivity contribution is 7.92. The fraction of sp³-hybridized carbons (Fsp3) is 0.500. The number of urea groups is 1. The number of carbonyl (C=O) groups is 3. The molecule has 0 aliphatic rings. The molecule has 9 nitrogen and oxygen atoms in total. The van der Waals surface area contributed by atoms with E-state index in [1.807, 2.05) is 0 Å². The molecule has 28 heavy (non-hydrogen) atoms. The van der Waals surface area contributed by atoms with Gasteiger partial charge in [-0.1, -0.05) is 18.2 Å². The van der Waals surface area contributed by atoms with Gasteiger partial charge in [0.25, 0.3) is 5.91 Å². The van der Waals surface area contributed by atoms with Crippen molar-refractivity contribution in [1.29, 1.82) is 0 Å². The van der Waals surface area contributed by atoms with E-state index >= 15 is 0 Å². The summed E-state index contributed by atoms with van der Waals surface area (Å²) in [5.41, 5.74) is 0.447. The van der Waals surface area contributed by atoms with Gasteiger partial charge in [-0.25, -0.2) is 13.2 Å². The third kappa shape index (κ3) is 7.55. The minimum Gasteiger partial charge on any atom is -0.451 e. The van der Waals surface area contributed by atoms with Gasteiger partial charge in [-0.2, -0.15) is 0 Å². The quantitative estimate of drug-likeness (QED) is 0.678. The zero-order chi connectivity index (χ0) is 21.7. The lowest BCUT2D eigenvalue weighted by molar-refractivity contribution is -0.152. The van der Waals surface area contributed by atoms with Crippen LogP contribution < -0.4 is 14.9 Å². The lowest BCUT2D eigenvalue weighted by Gasteiger charge is -2.24. The molecule has 0 heterocycles. The van der Waals surface area contributed by atoms with Gasteiger partial charge in [-0.15, -0.1) is 0 Å². The van der Waals surface area contributed by atoms with Crippen molar-refractivity contribution in [3.63, 3.8) is 0 Å². The normalized spacial score (nSPS) is 12.6. The number of carbonyl (C=O) groups excluding carboxylic acids is 3.